The highest BCUT2D eigenvalue weighted by molar-refractivity contribution is 9.10. The molecule has 1 aromatic carbocycles. The molecule has 0 radical (unpaired) electrons. The van der Waals surface area contributed by atoms with Crippen LogP contribution in [-0.4, -0.2) is 16.6 Å². The summed E-state index contributed by atoms with van der Waals surface area (Å²) in [6, 6.07) is 5.94. The van der Waals surface area contributed by atoms with Crippen molar-refractivity contribution in [2.24, 2.45) is 0 Å². The highest BCUT2D eigenvalue weighted by atomic mass is 79.9. The Balaban J connectivity index is 2.42. The number of fused-ring (bicyclic) bond motifs is 1. The van der Waals surface area contributed by atoms with Crippen LogP contribution in [0.25, 0.3) is 0 Å². The lowest BCUT2D eigenvalue weighted by Gasteiger charge is -2.36. The number of benzene rings is 1. The normalized spacial score (nSPS) is 23.4. The third-order valence-electron chi connectivity index (χ3n) is 3.30. The van der Waals surface area contributed by atoms with Gasteiger partial charge in [0.2, 0.25) is 0 Å². The number of para-hydroxylation sites is 1. The second-order valence-corrected chi connectivity index (χ2v) is 4.99. The molecule has 1 aliphatic heterocycles. The summed E-state index contributed by atoms with van der Waals surface area (Å²) in [5.74, 6) is -0.767. The first-order valence-corrected chi connectivity index (χ1v) is 6.17. The number of rotatable bonds is 2. The Labute approximate surface area is 103 Å². The first kappa shape index (κ1) is 11.5. The van der Waals surface area contributed by atoms with Gasteiger partial charge in [-0.2, -0.15) is 0 Å². The fraction of sp³-hybridized carbons (Fsp3) is 0.417. The van der Waals surface area contributed by atoms with Crippen LogP contribution in [-0.2, 0) is 11.2 Å². The molecule has 0 aliphatic carbocycles. The molecule has 1 unspecified atom stereocenters. The molecule has 2 N–H and O–H groups in total. The Hall–Kier alpha value is -1.03. The summed E-state index contributed by atoms with van der Waals surface area (Å²) in [7, 11) is 0. The van der Waals surface area contributed by atoms with E-state index in [9.17, 15) is 9.90 Å². The molecule has 0 saturated carbocycles. The lowest BCUT2D eigenvalue weighted by atomic mass is 9.84. The predicted molar refractivity (Wildman–Crippen MR) is 66.7 cm³/mol. The molecule has 0 saturated heterocycles. The minimum atomic E-state index is -0.809. The third kappa shape index (κ3) is 1.71. The first-order chi connectivity index (χ1) is 7.59. The van der Waals surface area contributed by atoms with Gasteiger partial charge in [-0.3, -0.25) is 0 Å². The van der Waals surface area contributed by atoms with E-state index in [1.807, 2.05) is 25.1 Å². The summed E-state index contributed by atoms with van der Waals surface area (Å²) in [6.07, 6.45) is 2.04. The highest BCUT2D eigenvalue weighted by Crippen LogP contribution is 2.37. The van der Waals surface area contributed by atoms with Gasteiger partial charge >= 0.3 is 5.97 Å². The van der Waals surface area contributed by atoms with Crippen molar-refractivity contribution in [2.75, 3.05) is 5.32 Å². The molecule has 86 valence electrons. The zero-order valence-corrected chi connectivity index (χ0v) is 10.7. The molecule has 0 bridgehead atoms. The van der Waals surface area contributed by atoms with Gasteiger partial charge in [-0.1, -0.05) is 19.1 Å². The summed E-state index contributed by atoms with van der Waals surface area (Å²) in [4.78, 5) is 11.4. The minimum Gasteiger partial charge on any atom is -0.480 e. The lowest BCUT2D eigenvalue weighted by molar-refractivity contribution is -0.142. The van der Waals surface area contributed by atoms with Gasteiger partial charge in [0.25, 0.3) is 0 Å². The molecule has 16 heavy (non-hydrogen) atoms. The average Bonchev–Trinajstić information content (AvgIpc) is 2.29. The van der Waals surface area contributed by atoms with Crippen molar-refractivity contribution < 1.29 is 9.90 Å². The van der Waals surface area contributed by atoms with Crippen LogP contribution in [0.1, 0.15) is 25.3 Å². The molecule has 4 heteroatoms. The number of anilines is 1. The lowest BCUT2D eigenvalue weighted by Crippen LogP contribution is -2.48. The predicted octanol–water partition coefficient (Wildman–Crippen LogP) is 3.04. The van der Waals surface area contributed by atoms with Crippen molar-refractivity contribution in [1.29, 1.82) is 0 Å². The van der Waals surface area contributed by atoms with Crippen LogP contribution < -0.4 is 5.32 Å². The van der Waals surface area contributed by atoms with Gasteiger partial charge in [-0.05, 0) is 46.8 Å². The molecule has 0 aromatic heterocycles. The van der Waals surface area contributed by atoms with Crippen molar-refractivity contribution in [1.82, 2.24) is 0 Å². The topological polar surface area (TPSA) is 49.3 Å². The molecule has 1 aliphatic rings. The number of hydrogen-bond donors (Lipinski definition) is 2. The number of carbonyl (C=O) groups is 1. The number of carboxylic acid groups (broad SMARTS) is 1. The Morgan fingerprint density at radius 1 is 1.62 bits per heavy atom. The molecule has 0 amide bonds. The molecule has 1 aromatic rings. The Morgan fingerprint density at radius 2 is 2.38 bits per heavy atom. The van der Waals surface area contributed by atoms with E-state index in [0.29, 0.717) is 12.8 Å². The van der Waals surface area contributed by atoms with Crippen molar-refractivity contribution in [3.8, 4) is 0 Å². The van der Waals surface area contributed by atoms with Crippen LogP contribution in [0.3, 0.4) is 0 Å². The molecular formula is C12H14BrNO2. The number of carboxylic acids is 1. The van der Waals surface area contributed by atoms with Crippen LogP contribution in [0.2, 0.25) is 0 Å². The number of aryl methyl sites for hydroxylation is 1. The average molecular weight is 284 g/mol. The van der Waals surface area contributed by atoms with Gasteiger partial charge in [0.15, 0.2) is 0 Å². The zero-order valence-electron chi connectivity index (χ0n) is 9.09. The van der Waals surface area contributed by atoms with E-state index in [1.54, 1.807) is 0 Å². The Morgan fingerprint density at radius 3 is 3.00 bits per heavy atom. The standard InChI is InChI=1S/C12H14BrNO2/c1-2-12(11(15)16)7-6-8-4-3-5-9(13)10(8)14-12/h3-5,14H,2,6-7H2,1H3,(H,15,16). The van der Waals surface area contributed by atoms with Crippen LogP contribution >= 0.6 is 15.9 Å². The fourth-order valence-electron chi connectivity index (χ4n) is 2.14. The summed E-state index contributed by atoms with van der Waals surface area (Å²) in [5.41, 5.74) is 1.30. The number of aliphatic carboxylic acids is 1. The summed E-state index contributed by atoms with van der Waals surface area (Å²) >= 11 is 3.46. The molecule has 0 spiro atoms. The van der Waals surface area contributed by atoms with E-state index in [0.717, 1.165) is 16.6 Å². The maximum absolute atomic E-state index is 11.4. The van der Waals surface area contributed by atoms with Gasteiger partial charge in [0, 0.05) is 4.47 Å². The minimum absolute atomic E-state index is 0.586. The maximum Gasteiger partial charge on any atom is 0.329 e. The van der Waals surface area contributed by atoms with Gasteiger partial charge in [-0.15, -0.1) is 0 Å². The molecular weight excluding hydrogens is 270 g/mol. The quantitative estimate of drug-likeness (QED) is 0.877. The molecule has 1 atom stereocenters. The Bertz CT molecular complexity index is 433. The summed E-state index contributed by atoms with van der Waals surface area (Å²) in [5, 5.41) is 12.5. The number of nitrogens with one attached hydrogen (secondary N) is 1. The maximum atomic E-state index is 11.4. The Kier molecular flexibility index (Phi) is 2.93. The van der Waals surface area contributed by atoms with Crippen molar-refractivity contribution in [3.05, 3.63) is 28.2 Å². The zero-order chi connectivity index (χ0) is 11.8. The highest BCUT2D eigenvalue weighted by Gasteiger charge is 2.39. The largest absolute Gasteiger partial charge is 0.480 e. The smallest absolute Gasteiger partial charge is 0.329 e. The van der Waals surface area contributed by atoms with Crippen LogP contribution in [0.4, 0.5) is 5.69 Å². The van der Waals surface area contributed by atoms with E-state index < -0.39 is 11.5 Å². The molecule has 2 rings (SSSR count). The van der Waals surface area contributed by atoms with Crippen molar-refractivity contribution >= 4 is 27.6 Å². The van der Waals surface area contributed by atoms with Gasteiger partial charge in [-0.25, -0.2) is 4.79 Å². The van der Waals surface area contributed by atoms with Crippen LogP contribution in [0.5, 0.6) is 0 Å². The second kappa shape index (κ2) is 4.09. The van der Waals surface area contributed by atoms with E-state index in [-0.39, 0.29) is 0 Å². The van der Waals surface area contributed by atoms with Gasteiger partial charge < -0.3 is 10.4 Å². The number of halogens is 1. The first-order valence-electron chi connectivity index (χ1n) is 5.38. The second-order valence-electron chi connectivity index (χ2n) is 4.14. The number of hydrogen-bond acceptors (Lipinski definition) is 2. The van der Waals surface area contributed by atoms with Crippen LogP contribution in [0, 0.1) is 0 Å². The summed E-state index contributed by atoms with van der Waals surface area (Å²) < 4.78 is 0.934. The molecule has 1 heterocycles. The monoisotopic (exact) mass is 283 g/mol. The van der Waals surface area contributed by atoms with E-state index in [2.05, 4.69) is 21.2 Å². The third-order valence-corrected chi connectivity index (χ3v) is 3.96. The fourth-order valence-corrected chi connectivity index (χ4v) is 2.65. The van der Waals surface area contributed by atoms with E-state index in [4.69, 9.17) is 0 Å². The van der Waals surface area contributed by atoms with Crippen LogP contribution in [0.15, 0.2) is 22.7 Å². The van der Waals surface area contributed by atoms with Crippen molar-refractivity contribution in [3.63, 3.8) is 0 Å². The van der Waals surface area contributed by atoms with Crippen molar-refractivity contribution in [2.45, 2.75) is 31.7 Å². The SMILES string of the molecule is CCC1(C(=O)O)CCc2cccc(Br)c2N1. The van der Waals surface area contributed by atoms with E-state index in [1.165, 1.54) is 5.56 Å². The van der Waals surface area contributed by atoms with Gasteiger partial charge in [0.1, 0.15) is 5.54 Å². The molecule has 0 fully saturated rings. The van der Waals surface area contributed by atoms with Gasteiger partial charge in [0.05, 0.1) is 5.69 Å². The van der Waals surface area contributed by atoms with E-state index >= 15 is 0 Å². The molecule has 3 nitrogen and oxygen atoms in total. The summed E-state index contributed by atoms with van der Waals surface area (Å²) in [6.45, 7) is 1.91.